The van der Waals surface area contributed by atoms with Gasteiger partial charge in [-0.1, -0.05) is 131 Å². The van der Waals surface area contributed by atoms with Crippen molar-refractivity contribution in [2.45, 2.75) is 108 Å². The van der Waals surface area contributed by atoms with Crippen LogP contribution in [0.25, 0.3) is 0 Å². The number of aliphatic hydroxyl groups excluding tert-OH is 1. The standard InChI is InChI=1S/C49H63ClN2O6SSi/c1-35(58-60(48(2,3)4,41-18-8-6-9-19-41)42-20-10-7-11-21-42)30-40-17-12-13-22-45(53)43-25-23-37(43)33-52-29-15-14-16-38-32-39(50)27-28-49(38,5)34-57-46-26-24-36(31-44(46)52)47(54)51-59(40,55)56/h6-11,13,18-22,24,26-28,31-32,35,37-38,40,43,45,53H,12,14-17,23,25,29-30,33-34H2,1-5H3,(H,51,54)/b22-13+/t35-,37-,38?,40-,43+,45?,49?/m0/s1. The van der Waals surface area contributed by atoms with Gasteiger partial charge in [-0.3, -0.25) is 4.79 Å². The fourth-order valence-corrected chi connectivity index (χ4v) is 16.4. The highest BCUT2D eigenvalue weighted by molar-refractivity contribution is 7.90. The molecule has 11 heteroatoms. The van der Waals surface area contributed by atoms with Gasteiger partial charge in [0, 0.05) is 35.2 Å². The zero-order valence-corrected chi connectivity index (χ0v) is 38.4. The summed E-state index contributed by atoms with van der Waals surface area (Å²) < 4.78 is 45.5. The number of ether oxygens (including phenoxy) is 1. The highest BCUT2D eigenvalue weighted by atomic mass is 35.5. The maximum Gasteiger partial charge on any atom is 0.264 e. The van der Waals surface area contributed by atoms with Gasteiger partial charge in [0.1, 0.15) is 5.75 Å². The van der Waals surface area contributed by atoms with Crippen LogP contribution >= 0.6 is 11.6 Å². The molecule has 2 aliphatic heterocycles. The molecule has 1 amide bonds. The molecular formula is C49H63ClN2O6SSi. The summed E-state index contributed by atoms with van der Waals surface area (Å²) in [6.45, 7) is 12.6. The zero-order valence-electron chi connectivity index (χ0n) is 35.9. The maximum atomic E-state index is 14.5. The van der Waals surface area contributed by atoms with Gasteiger partial charge in [-0.25, -0.2) is 13.1 Å². The molecule has 7 atom stereocenters. The van der Waals surface area contributed by atoms with Crippen LogP contribution in [-0.2, 0) is 14.4 Å². The molecule has 0 spiro atoms. The second-order valence-electron chi connectivity index (χ2n) is 18.8. The number of benzene rings is 3. The number of nitrogens with one attached hydrogen (secondary N) is 1. The third-order valence-corrected chi connectivity index (χ3v) is 20.7. The van der Waals surface area contributed by atoms with E-state index in [0.717, 1.165) is 59.7 Å². The van der Waals surface area contributed by atoms with Gasteiger partial charge in [-0.15, -0.1) is 0 Å². The maximum absolute atomic E-state index is 14.5. The van der Waals surface area contributed by atoms with Crippen molar-refractivity contribution in [2.75, 3.05) is 24.6 Å². The molecule has 1 saturated carbocycles. The first-order valence-corrected chi connectivity index (χ1v) is 25.7. The Morgan fingerprint density at radius 1 is 1.00 bits per heavy atom. The van der Waals surface area contributed by atoms with Crippen molar-refractivity contribution < 1.29 is 27.5 Å². The van der Waals surface area contributed by atoms with Crippen LogP contribution < -0.4 is 24.7 Å². The van der Waals surface area contributed by atoms with E-state index in [9.17, 15) is 18.3 Å². The second-order valence-corrected chi connectivity index (χ2v) is 25.5. The highest BCUT2D eigenvalue weighted by Crippen LogP contribution is 2.44. The first-order chi connectivity index (χ1) is 28.6. The number of rotatable bonds is 6. The summed E-state index contributed by atoms with van der Waals surface area (Å²) in [5, 5.41) is 13.2. The monoisotopic (exact) mass is 870 g/mol. The minimum atomic E-state index is -4.20. The van der Waals surface area contributed by atoms with Gasteiger partial charge in [0.15, 0.2) is 0 Å². The minimum absolute atomic E-state index is 0.0850. The number of carbonyl (C=O) groups excluding carboxylic acids is 1. The first-order valence-electron chi connectivity index (χ1n) is 21.9. The molecule has 2 bridgehead atoms. The first kappa shape index (κ1) is 44.4. The van der Waals surface area contributed by atoms with Gasteiger partial charge in [0.25, 0.3) is 14.2 Å². The van der Waals surface area contributed by atoms with E-state index in [0.29, 0.717) is 25.3 Å². The molecule has 0 aromatic heterocycles. The minimum Gasteiger partial charge on any atom is -0.490 e. The van der Waals surface area contributed by atoms with Crippen LogP contribution in [0, 0.1) is 23.2 Å². The number of allylic oxidation sites excluding steroid dienone is 4. The van der Waals surface area contributed by atoms with Crippen LogP contribution in [0.5, 0.6) is 5.75 Å². The summed E-state index contributed by atoms with van der Waals surface area (Å²) in [6.07, 6.45) is 14.5. The molecule has 4 aliphatic rings. The number of sulfonamides is 1. The third-order valence-electron chi connectivity index (χ3n) is 13.5. The number of amides is 1. The van der Waals surface area contributed by atoms with Crippen LogP contribution in [0.3, 0.4) is 0 Å². The lowest BCUT2D eigenvalue weighted by Crippen LogP contribution is -2.67. The molecule has 0 radical (unpaired) electrons. The number of aliphatic hydroxyl groups is 1. The van der Waals surface area contributed by atoms with Gasteiger partial charge < -0.3 is 19.2 Å². The van der Waals surface area contributed by atoms with Crippen LogP contribution in [0.15, 0.2) is 114 Å². The molecule has 2 N–H and O–H groups in total. The normalized spacial score (nSPS) is 28.6. The fraction of sp³-hybridized carbons (Fsp3) is 0.490. The van der Waals surface area contributed by atoms with E-state index < -0.39 is 41.7 Å². The van der Waals surface area contributed by atoms with Gasteiger partial charge in [0.05, 0.1) is 23.6 Å². The Kier molecular flexibility index (Phi) is 13.6. The zero-order chi connectivity index (χ0) is 42.7. The Morgan fingerprint density at radius 3 is 2.35 bits per heavy atom. The third kappa shape index (κ3) is 9.53. The molecule has 60 heavy (non-hydrogen) atoms. The molecule has 322 valence electrons. The van der Waals surface area contributed by atoms with E-state index in [2.05, 4.69) is 73.7 Å². The van der Waals surface area contributed by atoms with Crippen molar-refractivity contribution in [3.05, 3.63) is 120 Å². The molecular weight excluding hydrogens is 808 g/mol. The Labute approximate surface area is 364 Å². The van der Waals surface area contributed by atoms with Crippen molar-refractivity contribution >= 4 is 51.9 Å². The van der Waals surface area contributed by atoms with E-state index in [4.69, 9.17) is 20.8 Å². The van der Waals surface area contributed by atoms with E-state index in [1.165, 1.54) is 0 Å². The predicted molar refractivity (Wildman–Crippen MR) is 246 cm³/mol. The molecule has 3 aromatic carbocycles. The number of halogens is 1. The molecule has 7 rings (SSSR count). The Balaban J connectivity index is 1.22. The lowest BCUT2D eigenvalue weighted by atomic mass is 9.70. The average molecular weight is 872 g/mol. The summed E-state index contributed by atoms with van der Waals surface area (Å²) in [4.78, 5) is 16.5. The Morgan fingerprint density at radius 2 is 1.70 bits per heavy atom. The van der Waals surface area contributed by atoms with Crippen molar-refractivity contribution in [3.8, 4) is 5.75 Å². The van der Waals surface area contributed by atoms with E-state index in [1.807, 2.05) is 67.6 Å². The average Bonchev–Trinajstić information content (AvgIpc) is 3.22. The van der Waals surface area contributed by atoms with Gasteiger partial charge in [-0.2, -0.15) is 0 Å². The summed E-state index contributed by atoms with van der Waals surface area (Å²) in [6, 6.07) is 25.9. The topological polar surface area (TPSA) is 105 Å². The van der Waals surface area contributed by atoms with Crippen LogP contribution in [0.1, 0.15) is 96.3 Å². The Hall–Kier alpha value is -3.67. The molecule has 2 heterocycles. The molecule has 3 unspecified atom stereocenters. The van der Waals surface area contributed by atoms with Crippen molar-refractivity contribution in [3.63, 3.8) is 0 Å². The van der Waals surface area contributed by atoms with Crippen molar-refractivity contribution in [1.29, 1.82) is 0 Å². The van der Waals surface area contributed by atoms with Gasteiger partial charge >= 0.3 is 0 Å². The van der Waals surface area contributed by atoms with Gasteiger partial charge in [-0.05, 0) is 109 Å². The smallest absolute Gasteiger partial charge is 0.264 e. The fourth-order valence-electron chi connectivity index (χ4n) is 9.94. The van der Waals surface area contributed by atoms with Crippen LogP contribution in [0.4, 0.5) is 5.69 Å². The summed E-state index contributed by atoms with van der Waals surface area (Å²) in [5.74, 6) is 0.541. The van der Waals surface area contributed by atoms with E-state index in [1.54, 1.807) is 12.1 Å². The number of hydrogen-bond donors (Lipinski definition) is 2. The number of fused-ring (bicyclic) bond motifs is 3. The van der Waals surface area contributed by atoms with Crippen LogP contribution in [-0.4, -0.2) is 64.9 Å². The summed E-state index contributed by atoms with van der Waals surface area (Å²) >= 11 is 6.49. The van der Waals surface area contributed by atoms with E-state index in [-0.39, 0.29) is 46.6 Å². The molecule has 0 saturated heterocycles. The number of nitrogens with zero attached hydrogens (tertiary/aromatic N) is 1. The van der Waals surface area contributed by atoms with Crippen LogP contribution in [0.2, 0.25) is 5.04 Å². The predicted octanol–water partition coefficient (Wildman–Crippen LogP) is 8.89. The Bertz CT molecular complexity index is 2130. The molecule has 3 aromatic rings. The largest absolute Gasteiger partial charge is 0.490 e. The number of hydrogen-bond acceptors (Lipinski definition) is 7. The van der Waals surface area contributed by atoms with Gasteiger partial charge in [0.2, 0.25) is 10.0 Å². The van der Waals surface area contributed by atoms with E-state index >= 15 is 0 Å². The number of anilines is 1. The molecule has 2 aliphatic carbocycles. The number of carbonyl (C=O) groups is 1. The van der Waals surface area contributed by atoms with Crippen molar-refractivity contribution in [1.82, 2.24) is 4.72 Å². The highest BCUT2D eigenvalue weighted by Gasteiger charge is 2.51. The SMILES string of the molecule is C[C@@H](C[C@@H]1CC/C=C/C(O)[C@@H]2CC[C@H]2CN2CCCCC3C=C(Cl)C=CC3(C)COc3ccc(cc32)C(=O)NS1(=O)=O)O[Si](c1ccccc1)(c1ccccc1)C(C)(C)C. The summed E-state index contributed by atoms with van der Waals surface area (Å²) in [7, 11) is -7.20. The summed E-state index contributed by atoms with van der Waals surface area (Å²) in [5.41, 5.74) is 0.748. The molecule has 8 nitrogen and oxygen atoms in total. The van der Waals surface area contributed by atoms with Crippen molar-refractivity contribution in [2.24, 2.45) is 23.2 Å². The lowest BCUT2D eigenvalue weighted by Gasteiger charge is -2.45. The second kappa shape index (κ2) is 18.4. The lowest BCUT2D eigenvalue weighted by molar-refractivity contribution is 0.0461. The molecule has 1 fully saturated rings. The quantitative estimate of drug-likeness (QED) is 0.189.